The van der Waals surface area contributed by atoms with Gasteiger partial charge in [-0.05, 0) is 6.42 Å². The van der Waals surface area contributed by atoms with Gasteiger partial charge in [0.25, 0.3) is 0 Å². The van der Waals surface area contributed by atoms with Crippen molar-refractivity contribution < 1.29 is 19.7 Å². The van der Waals surface area contributed by atoms with Gasteiger partial charge in [-0.15, -0.1) is 0 Å². The third kappa shape index (κ3) is 2.36. The third-order valence-electron chi connectivity index (χ3n) is 1.64. The number of aliphatic hydroxyl groups is 1. The van der Waals surface area contributed by atoms with Crippen LogP contribution in [0.4, 0.5) is 4.79 Å². The number of nitrogens with one attached hydrogen (secondary N) is 1. The lowest BCUT2D eigenvalue weighted by molar-refractivity contribution is -0.0262. The van der Waals surface area contributed by atoms with Crippen LogP contribution in [0.5, 0.6) is 0 Å². The van der Waals surface area contributed by atoms with E-state index in [9.17, 15) is 4.79 Å². The molecule has 11 heavy (non-hydrogen) atoms. The largest absolute Gasteiger partial charge is 0.465 e. The minimum Gasteiger partial charge on any atom is -0.465 e. The van der Waals surface area contributed by atoms with E-state index in [2.05, 4.69) is 5.32 Å². The van der Waals surface area contributed by atoms with Crippen LogP contribution in [0.1, 0.15) is 6.42 Å². The fourth-order valence-corrected chi connectivity index (χ4v) is 1.05. The van der Waals surface area contributed by atoms with Crippen molar-refractivity contribution in [3.8, 4) is 0 Å². The summed E-state index contributed by atoms with van der Waals surface area (Å²) in [5, 5.41) is 19.7. The third-order valence-corrected chi connectivity index (χ3v) is 1.64. The Labute approximate surface area is 64.0 Å². The molecule has 1 aliphatic heterocycles. The Bertz CT molecular complexity index is 150. The lowest BCUT2D eigenvalue weighted by Crippen LogP contribution is -2.48. The summed E-state index contributed by atoms with van der Waals surface area (Å²) in [4.78, 5) is 10.2. The monoisotopic (exact) mass is 161 g/mol. The molecule has 0 aliphatic carbocycles. The maximum Gasteiger partial charge on any atom is 0.404 e. The Balaban J connectivity index is 2.35. The Kier molecular flexibility index (Phi) is 2.67. The summed E-state index contributed by atoms with van der Waals surface area (Å²) < 4.78 is 4.91. The van der Waals surface area contributed by atoms with Crippen molar-refractivity contribution in [1.29, 1.82) is 0 Å². The average molecular weight is 161 g/mol. The van der Waals surface area contributed by atoms with Crippen molar-refractivity contribution >= 4 is 6.09 Å². The summed E-state index contributed by atoms with van der Waals surface area (Å²) in [6, 6.07) is -0.374. The molecule has 64 valence electrons. The second-order valence-corrected chi connectivity index (χ2v) is 2.49. The van der Waals surface area contributed by atoms with E-state index in [0.717, 1.165) is 0 Å². The summed E-state index contributed by atoms with van der Waals surface area (Å²) in [5.74, 6) is 0. The second kappa shape index (κ2) is 3.54. The van der Waals surface area contributed by atoms with Crippen molar-refractivity contribution in [2.75, 3.05) is 13.2 Å². The predicted molar refractivity (Wildman–Crippen MR) is 36.4 cm³/mol. The van der Waals surface area contributed by atoms with Crippen molar-refractivity contribution in [1.82, 2.24) is 5.32 Å². The van der Waals surface area contributed by atoms with E-state index < -0.39 is 12.2 Å². The Morgan fingerprint density at radius 3 is 2.91 bits per heavy atom. The number of aliphatic hydroxyl groups excluding tert-OH is 1. The van der Waals surface area contributed by atoms with Crippen LogP contribution in [0.3, 0.4) is 0 Å². The second-order valence-electron chi connectivity index (χ2n) is 2.49. The van der Waals surface area contributed by atoms with E-state index in [0.29, 0.717) is 13.0 Å². The lowest BCUT2D eigenvalue weighted by atomic mass is 10.1. The zero-order chi connectivity index (χ0) is 8.27. The molecule has 0 aromatic heterocycles. The van der Waals surface area contributed by atoms with Crippen LogP contribution < -0.4 is 5.32 Å². The first-order valence-corrected chi connectivity index (χ1v) is 3.45. The quantitative estimate of drug-likeness (QED) is 0.480. The van der Waals surface area contributed by atoms with E-state index in [1.165, 1.54) is 0 Å². The van der Waals surface area contributed by atoms with Crippen LogP contribution in [0.25, 0.3) is 0 Å². The Morgan fingerprint density at radius 2 is 2.36 bits per heavy atom. The summed E-state index contributed by atoms with van der Waals surface area (Å²) in [6.07, 6.45) is -1.27. The number of carboxylic acid groups (broad SMARTS) is 1. The fourth-order valence-electron chi connectivity index (χ4n) is 1.05. The van der Waals surface area contributed by atoms with Gasteiger partial charge in [0.15, 0.2) is 0 Å². The molecule has 0 aromatic rings. The number of rotatable bonds is 1. The minimum atomic E-state index is -1.10. The average Bonchev–Trinajstić information content (AvgIpc) is 1.93. The Hall–Kier alpha value is -0.810. The standard InChI is InChI=1S/C6H11NO4/c8-5-3-11-2-1-4(5)7-6(9)10/h4-5,7-8H,1-3H2,(H,9,10)/t4-,5-/m0/s1. The van der Waals surface area contributed by atoms with Crippen LogP contribution in [0.15, 0.2) is 0 Å². The molecular weight excluding hydrogens is 150 g/mol. The van der Waals surface area contributed by atoms with Gasteiger partial charge >= 0.3 is 6.09 Å². The van der Waals surface area contributed by atoms with Gasteiger partial charge in [0.05, 0.1) is 18.8 Å². The molecular formula is C6H11NO4. The maximum atomic E-state index is 10.2. The molecule has 1 aliphatic rings. The number of ether oxygens (including phenoxy) is 1. The van der Waals surface area contributed by atoms with Gasteiger partial charge in [-0.1, -0.05) is 0 Å². The molecule has 5 nitrogen and oxygen atoms in total. The first-order valence-electron chi connectivity index (χ1n) is 3.45. The molecule has 1 fully saturated rings. The van der Waals surface area contributed by atoms with Crippen molar-refractivity contribution in [2.45, 2.75) is 18.6 Å². The molecule has 1 heterocycles. The highest BCUT2D eigenvalue weighted by Gasteiger charge is 2.24. The molecule has 1 rings (SSSR count). The van der Waals surface area contributed by atoms with E-state index >= 15 is 0 Å². The molecule has 0 unspecified atom stereocenters. The number of hydrogen-bond donors (Lipinski definition) is 3. The van der Waals surface area contributed by atoms with Gasteiger partial charge in [-0.25, -0.2) is 4.79 Å². The van der Waals surface area contributed by atoms with E-state index in [1.807, 2.05) is 0 Å². The van der Waals surface area contributed by atoms with Crippen molar-refractivity contribution in [2.24, 2.45) is 0 Å². The molecule has 0 saturated carbocycles. The van der Waals surface area contributed by atoms with E-state index in [4.69, 9.17) is 14.9 Å². The molecule has 2 atom stereocenters. The molecule has 5 heteroatoms. The predicted octanol–water partition coefficient (Wildman–Crippen LogP) is -0.596. The van der Waals surface area contributed by atoms with Crippen molar-refractivity contribution in [3.05, 3.63) is 0 Å². The number of carbonyl (C=O) groups is 1. The van der Waals surface area contributed by atoms with Gasteiger partial charge in [-0.3, -0.25) is 0 Å². The molecule has 0 aromatic carbocycles. The maximum absolute atomic E-state index is 10.2. The van der Waals surface area contributed by atoms with Crippen LogP contribution in [0.2, 0.25) is 0 Å². The summed E-state index contributed by atoms with van der Waals surface area (Å²) >= 11 is 0. The SMILES string of the molecule is O=C(O)N[C@H]1CCOC[C@@H]1O. The summed E-state index contributed by atoms with van der Waals surface area (Å²) in [5.41, 5.74) is 0. The topological polar surface area (TPSA) is 78.8 Å². The number of amides is 1. The van der Waals surface area contributed by atoms with Crippen LogP contribution in [-0.2, 0) is 4.74 Å². The highest BCUT2D eigenvalue weighted by atomic mass is 16.5. The summed E-state index contributed by atoms with van der Waals surface area (Å²) in [6.45, 7) is 0.715. The van der Waals surface area contributed by atoms with Gasteiger partial charge < -0.3 is 20.3 Å². The van der Waals surface area contributed by atoms with Crippen LogP contribution in [-0.4, -0.2) is 41.7 Å². The normalized spacial score (nSPS) is 31.4. The molecule has 3 N–H and O–H groups in total. The van der Waals surface area contributed by atoms with Crippen LogP contribution in [0, 0.1) is 0 Å². The molecule has 0 radical (unpaired) electrons. The first kappa shape index (κ1) is 8.29. The van der Waals surface area contributed by atoms with Gasteiger partial charge in [-0.2, -0.15) is 0 Å². The lowest BCUT2D eigenvalue weighted by Gasteiger charge is -2.27. The van der Waals surface area contributed by atoms with Gasteiger partial charge in [0.1, 0.15) is 0 Å². The zero-order valence-electron chi connectivity index (χ0n) is 5.99. The highest BCUT2D eigenvalue weighted by molar-refractivity contribution is 5.64. The van der Waals surface area contributed by atoms with Crippen molar-refractivity contribution in [3.63, 3.8) is 0 Å². The van der Waals surface area contributed by atoms with Crippen LogP contribution >= 0.6 is 0 Å². The molecule has 0 bridgehead atoms. The zero-order valence-corrected chi connectivity index (χ0v) is 5.99. The summed E-state index contributed by atoms with van der Waals surface area (Å²) in [7, 11) is 0. The fraction of sp³-hybridized carbons (Fsp3) is 0.833. The highest BCUT2D eigenvalue weighted by Crippen LogP contribution is 2.06. The van der Waals surface area contributed by atoms with E-state index in [1.54, 1.807) is 0 Å². The minimum absolute atomic E-state index is 0.213. The Morgan fingerprint density at radius 1 is 1.64 bits per heavy atom. The smallest absolute Gasteiger partial charge is 0.404 e. The first-order chi connectivity index (χ1) is 5.20. The van der Waals surface area contributed by atoms with Gasteiger partial charge in [0.2, 0.25) is 0 Å². The van der Waals surface area contributed by atoms with E-state index in [-0.39, 0.29) is 12.6 Å². The van der Waals surface area contributed by atoms with Gasteiger partial charge in [0, 0.05) is 6.61 Å². The molecule has 1 saturated heterocycles. The molecule has 0 spiro atoms. The molecule has 1 amide bonds. The number of hydrogen-bond acceptors (Lipinski definition) is 3.